The summed E-state index contributed by atoms with van der Waals surface area (Å²) >= 11 is 0. The molecule has 1 aromatic heterocycles. The monoisotopic (exact) mass is 402 g/mol. The van der Waals surface area contributed by atoms with E-state index in [4.69, 9.17) is 9.84 Å². The summed E-state index contributed by atoms with van der Waals surface area (Å²) in [6.45, 7) is 1.98. The topological polar surface area (TPSA) is 172 Å². The largest absolute Gasteiger partial charge is 0.497 e. The Morgan fingerprint density at radius 3 is 2.00 bits per heavy atom. The predicted octanol–water partition coefficient (Wildman–Crippen LogP) is 3.67. The molecule has 1 heterocycles. The minimum absolute atomic E-state index is 0.447. The van der Waals surface area contributed by atoms with Gasteiger partial charge in [-0.25, -0.2) is 4.98 Å². The van der Waals surface area contributed by atoms with Gasteiger partial charge in [-0.15, -0.1) is 0 Å². The molecule has 3 rings (SSSR count). The first kappa shape index (κ1) is 21.0. The molecule has 0 amide bonds. The van der Waals surface area contributed by atoms with Crippen molar-refractivity contribution in [2.45, 2.75) is 6.92 Å². The maximum atomic E-state index is 10.4. The quantitative estimate of drug-likeness (QED) is 0.504. The second-order valence-electron chi connectivity index (χ2n) is 5.59. The van der Waals surface area contributed by atoms with Gasteiger partial charge in [0.05, 0.1) is 34.0 Å². The molecule has 150 valence electrons. The normalized spacial score (nSPS) is 10.0. The molecule has 0 saturated carbocycles. The first-order valence-corrected chi connectivity index (χ1v) is 7.86. The van der Waals surface area contributed by atoms with Crippen molar-refractivity contribution in [3.63, 3.8) is 0 Å². The number of nitro groups is 3. The highest BCUT2D eigenvalue weighted by molar-refractivity contribution is 5.84. The van der Waals surface area contributed by atoms with Crippen molar-refractivity contribution >= 4 is 28.0 Å². The Morgan fingerprint density at radius 1 is 0.931 bits per heavy atom. The number of rotatable bonds is 4. The molecule has 2 aromatic carbocycles. The van der Waals surface area contributed by atoms with E-state index in [9.17, 15) is 30.3 Å². The highest BCUT2D eigenvalue weighted by Crippen LogP contribution is 2.38. The molecule has 0 saturated heterocycles. The summed E-state index contributed by atoms with van der Waals surface area (Å²) in [4.78, 5) is 32.2. The molecule has 29 heavy (non-hydrogen) atoms. The maximum absolute atomic E-state index is 10.4. The number of benzene rings is 2. The fraction of sp³-hybridized carbons (Fsp3) is 0.118. The Balaban J connectivity index is 0.000000211. The third-order valence-corrected chi connectivity index (χ3v) is 3.70. The van der Waals surface area contributed by atoms with Gasteiger partial charge in [0.15, 0.2) is 0 Å². The molecule has 0 atom stereocenters. The maximum Gasteiger partial charge on any atom is 0.324 e. The van der Waals surface area contributed by atoms with Crippen LogP contribution < -0.4 is 4.74 Å². The third-order valence-electron chi connectivity index (χ3n) is 3.70. The van der Waals surface area contributed by atoms with Crippen molar-refractivity contribution in [3.05, 3.63) is 78.5 Å². The highest BCUT2D eigenvalue weighted by atomic mass is 16.6. The molecule has 0 spiro atoms. The number of nitrogens with zero attached hydrogens (tertiary/aromatic N) is 4. The number of pyridine rings is 1. The van der Waals surface area contributed by atoms with Crippen molar-refractivity contribution in [1.29, 1.82) is 0 Å². The Morgan fingerprint density at radius 2 is 1.52 bits per heavy atom. The van der Waals surface area contributed by atoms with E-state index < -0.39 is 37.6 Å². The first-order chi connectivity index (χ1) is 13.6. The second kappa shape index (κ2) is 8.56. The minimum Gasteiger partial charge on any atom is -0.497 e. The number of aryl methyl sites for hydroxylation is 1. The van der Waals surface area contributed by atoms with Crippen molar-refractivity contribution < 1.29 is 24.6 Å². The number of hydrogen-bond donors (Lipinski definition) is 1. The number of methoxy groups -OCH3 is 1. The SMILES string of the molecule is COc1cccc2ccc(C)nc12.O=[N+]([O-])c1cc([N+](=O)[O-])c(O)c([N+](=O)[O-])c1. The van der Waals surface area contributed by atoms with Crippen LogP contribution in [0, 0.1) is 37.3 Å². The molecule has 0 fully saturated rings. The molecule has 0 aliphatic heterocycles. The first-order valence-electron chi connectivity index (χ1n) is 7.86. The number of non-ortho nitro benzene ring substituents is 1. The second-order valence-corrected chi connectivity index (χ2v) is 5.59. The molecule has 0 unspecified atom stereocenters. The molecular weight excluding hydrogens is 388 g/mol. The molecule has 0 aliphatic rings. The van der Waals surface area contributed by atoms with Crippen LogP contribution in [-0.2, 0) is 0 Å². The van der Waals surface area contributed by atoms with Crippen LogP contribution in [-0.4, -0.2) is 32.0 Å². The van der Waals surface area contributed by atoms with Crippen molar-refractivity contribution in [2.75, 3.05) is 7.11 Å². The molecule has 12 heteroatoms. The summed E-state index contributed by atoms with van der Waals surface area (Å²) in [6.07, 6.45) is 0. The average molecular weight is 402 g/mol. The zero-order chi connectivity index (χ0) is 21.7. The van der Waals surface area contributed by atoms with Crippen molar-refractivity contribution in [1.82, 2.24) is 4.98 Å². The van der Waals surface area contributed by atoms with E-state index in [0.29, 0.717) is 12.1 Å². The minimum atomic E-state index is -1.21. The van der Waals surface area contributed by atoms with Gasteiger partial charge in [0.2, 0.25) is 0 Å². The molecule has 3 aromatic rings. The van der Waals surface area contributed by atoms with E-state index in [-0.39, 0.29) is 0 Å². The predicted molar refractivity (Wildman–Crippen MR) is 101 cm³/mol. The Kier molecular flexibility index (Phi) is 6.19. The number of ether oxygens (including phenoxy) is 1. The van der Waals surface area contributed by atoms with E-state index in [1.165, 1.54) is 0 Å². The number of hydrogen-bond acceptors (Lipinski definition) is 9. The molecule has 12 nitrogen and oxygen atoms in total. The zero-order valence-electron chi connectivity index (χ0n) is 15.1. The van der Waals surface area contributed by atoms with Crippen molar-refractivity contribution in [2.24, 2.45) is 0 Å². The lowest BCUT2D eigenvalue weighted by atomic mass is 10.2. The van der Waals surface area contributed by atoms with Crippen LogP contribution in [0.2, 0.25) is 0 Å². The van der Waals surface area contributed by atoms with Crippen LogP contribution in [0.1, 0.15) is 5.69 Å². The number of para-hydroxylation sites is 1. The van der Waals surface area contributed by atoms with E-state index in [0.717, 1.165) is 22.3 Å². The molecule has 0 radical (unpaired) electrons. The smallest absolute Gasteiger partial charge is 0.324 e. The van der Waals surface area contributed by atoms with Gasteiger partial charge in [0.25, 0.3) is 11.4 Å². The fourth-order valence-electron chi connectivity index (χ4n) is 2.36. The van der Waals surface area contributed by atoms with E-state index in [2.05, 4.69) is 11.1 Å². The number of phenols is 1. The number of fused-ring (bicyclic) bond motifs is 1. The molecular formula is C17H14N4O8. The van der Waals surface area contributed by atoms with Crippen LogP contribution in [0.3, 0.4) is 0 Å². The van der Waals surface area contributed by atoms with Crippen LogP contribution in [0.25, 0.3) is 10.9 Å². The summed E-state index contributed by atoms with van der Waals surface area (Å²) in [6, 6.07) is 10.9. The van der Waals surface area contributed by atoms with Gasteiger partial charge in [0, 0.05) is 11.1 Å². The van der Waals surface area contributed by atoms with Crippen molar-refractivity contribution in [3.8, 4) is 11.5 Å². The van der Waals surface area contributed by atoms with Crippen LogP contribution in [0.15, 0.2) is 42.5 Å². The summed E-state index contributed by atoms with van der Waals surface area (Å²) in [5.74, 6) is -0.373. The van der Waals surface area contributed by atoms with Gasteiger partial charge >= 0.3 is 11.4 Å². The average Bonchev–Trinajstić information content (AvgIpc) is 2.67. The number of phenolic OH excluding ortho intramolecular Hbond substituents is 1. The van der Waals surface area contributed by atoms with Crippen LogP contribution >= 0.6 is 0 Å². The van der Waals surface area contributed by atoms with Crippen LogP contribution in [0.5, 0.6) is 11.5 Å². The third kappa shape index (κ3) is 4.68. The van der Waals surface area contributed by atoms with E-state index in [1.807, 2.05) is 31.2 Å². The van der Waals surface area contributed by atoms with Gasteiger partial charge < -0.3 is 9.84 Å². The zero-order valence-corrected chi connectivity index (χ0v) is 15.1. The van der Waals surface area contributed by atoms with Gasteiger partial charge in [-0.1, -0.05) is 18.2 Å². The van der Waals surface area contributed by atoms with Gasteiger partial charge in [-0.05, 0) is 19.1 Å². The molecule has 0 aliphatic carbocycles. The summed E-state index contributed by atoms with van der Waals surface area (Å²) in [7, 11) is 1.67. The van der Waals surface area contributed by atoms with Gasteiger partial charge in [-0.2, -0.15) is 0 Å². The Hall–Kier alpha value is -4.35. The molecule has 0 bridgehead atoms. The Labute approximate surface area is 162 Å². The standard InChI is InChI=1S/C11H11NO.C6H3N3O7/c1-8-6-7-9-4-3-5-10(13-2)11(9)12-8;10-6-4(8(13)14)1-3(7(11)12)2-5(6)9(15)16/h3-7H,1-2H3;1-2,10H. The Bertz CT molecular complexity index is 1080. The van der Waals surface area contributed by atoms with Crippen LogP contribution in [0.4, 0.5) is 17.1 Å². The molecule has 1 N–H and O–H groups in total. The lowest BCUT2D eigenvalue weighted by Crippen LogP contribution is -1.97. The summed E-state index contributed by atoms with van der Waals surface area (Å²) in [5.41, 5.74) is -1.06. The summed E-state index contributed by atoms with van der Waals surface area (Å²) in [5, 5.41) is 41.3. The lowest BCUT2D eigenvalue weighted by molar-refractivity contribution is -0.404. The fourth-order valence-corrected chi connectivity index (χ4v) is 2.36. The number of nitro benzene ring substituents is 3. The van der Waals surface area contributed by atoms with Gasteiger partial charge in [0.1, 0.15) is 11.3 Å². The summed E-state index contributed by atoms with van der Waals surface area (Å²) < 4.78 is 5.22. The van der Waals surface area contributed by atoms with E-state index in [1.54, 1.807) is 7.11 Å². The number of aromatic hydroxyl groups is 1. The highest BCUT2D eigenvalue weighted by Gasteiger charge is 2.30. The number of aromatic nitrogens is 1. The van der Waals surface area contributed by atoms with Gasteiger partial charge in [-0.3, -0.25) is 30.3 Å². The lowest BCUT2D eigenvalue weighted by Gasteiger charge is -2.04. The van der Waals surface area contributed by atoms with E-state index >= 15 is 0 Å².